The maximum absolute atomic E-state index is 5.10. The van der Waals surface area contributed by atoms with Crippen LogP contribution in [-0.4, -0.2) is 24.8 Å². The van der Waals surface area contributed by atoms with E-state index < -0.39 is 0 Å². The molecule has 0 aromatic carbocycles. The predicted molar refractivity (Wildman–Crippen MR) is 67.5 cm³/mol. The van der Waals surface area contributed by atoms with E-state index in [0.717, 1.165) is 26.2 Å². The Bertz CT molecular complexity index is 283. The Labute approximate surface area is 98.8 Å². The highest BCUT2D eigenvalue weighted by Gasteiger charge is 2.01. The van der Waals surface area contributed by atoms with E-state index in [2.05, 4.69) is 42.2 Å². The van der Waals surface area contributed by atoms with Crippen molar-refractivity contribution in [3.8, 4) is 0 Å². The molecule has 1 aromatic rings. The maximum atomic E-state index is 5.10. The van der Waals surface area contributed by atoms with Gasteiger partial charge in [0.05, 0.1) is 0 Å². The van der Waals surface area contributed by atoms with Gasteiger partial charge in [0.1, 0.15) is 0 Å². The fraction of sp³-hybridized carbons (Fsp3) is 0.692. The molecule has 1 heterocycles. The molecule has 0 radical (unpaired) electrons. The summed E-state index contributed by atoms with van der Waals surface area (Å²) >= 11 is 0. The van der Waals surface area contributed by atoms with Crippen LogP contribution < -0.4 is 5.32 Å². The third kappa shape index (κ3) is 4.81. The van der Waals surface area contributed by atoms with E-state index in [1.165, 1.54) is 12.0 Å². The summed E-state index contributed by atoms with van der Waals surface area (Å²) in [6, 6.07) is 2.18. The summed E-state index contributed by atoms with van der Waals surface area (Å²) < 4.78 is 7.34. The van der Waals surface area contributed by atoms with Crippen LogP contribution in [0.1, 0.15) is 25.8 Å². The summed E-state index contributed by atoms with van der Waals surface area (Å²) in [7, 11) is 1.75. The van der Waals surface area contributed by atoms with Crippen molar-refractivity contribution < 1.29 is 4.74 Å². The van der Waals surface area contributed by atoms with E-state index >= 15 is 0 Å². The number of ether oxygens (including phenoxy) is 1. The van der Waals surface area contributed by atoms with Gasteiger partial charge >= 0.3 is 0 Å². The van der Waals surface area contributed by atoms with Crippen LogP contribution in [0.3, 0.4) is 0 Å². The van der Waals surface area contributed by atoms with Gasteiger partial charge < -0.3 is 14.6 Å². The molecule has 1 rings (SSSR count). The van der Waals surface area contributed by atoms with Gasteiger partial charge in [-0.2, -0.15) is 0 Å². The molecule has 0 saturated heterocycles. The van der Waals surface area contributed by atoms with Gasteiger partial charge in [0.15, 0.2) is 0 Å². The van der Waals surface area contributed by atoms with Crippen LogP contribution in [0.5, 0.6) is 0 Å². The first-order valence-corrected chi connectivity index (χ1v) is 6.10. The summed E-state index contributed by atoms with van der Waals surface area (Å²) in [5, 5.41) is 3.45. The molecule has 0 bridgehead atoms. The second-order valence-electron chi connectivity index (χ2n) is 4.45. The number of aromatic nitrogens is 1. The number of nitrogens with zero attached hydrogens (tertiary/aromatic N) is 1. The lowest BCUT2D eigenvalue weighted by molar-refractivity contribution is 0.158. The van der Waals surface area contributed by atoms with Crippen molar-refractivity contribution in [3.63, 3.8) is 0 Å². The zero-order chi connectivity index (χ0) is 11.8. The number of hydrogen-bond acceptors (Lipinski definition) is 2. The van der Waals surface area contributed by atoms with Gasteiger partial charge in [0, 0.05) is 45.7 Å². The predicted octanol–water partition coefficient (Wildman–Crippen LogP) is 2.27. The topological polar surface area (TPSA) is 26.2 Å². The molecule has 0 aliphatic carbocycles. The van der Waals surface area contributed by atoms with Crippen LogP contribution in [-0.2, 0) is 17.8 Å². The summed E-state index contributed by atoms with van der Waals surface area (Å²) in [6.07, 6.45) is 5.56. The molecule has 0 saturated carbocycles. The van der Waals surface area contributed by atoms with Gasteiger partial charge in [0.25, 0.3) is 0 Å². The highest BCUT2D eigenvalue weighted by atomic mass is 16.5. The fourth-order valence-electron chi connectivity index (χ4n) is 1.80. The number of nitrogens with one attached hydrogen (secondary N) is 1. The fourth-order valence-corrected chi connectivity index (χ4v) is 1.80. The average Bonchev–Trinajstić information content (AvgIpc) is 2.67. The van der Waals surface area contributed by atoms with Gasteiger partial charge in [0.2, 0.25) is 0 Å². The Kier molecular flexibility index (Phi) is 6.19. The molecule has 0 amide bonds. The zero-order valence-corrected chi connectivity index (χ0v) is 10.7. The highest BCUT2D eigenvalue weighted by Crippen LogP contribution is 2.02. The van der Waals surface area contributed by atoms with Crippen molar-refractivity contribution in [2.75, 3.05) is 20.3 Å². The van der Waals surface area contributed by atoms with Crippen LogP contribution in [0.2, 0.25) is 0 Å². The van der Waals surface area contributed by atoms with Crippen molar-refractivity contribution in [1.29, 1.82) is 0 Å². The van der Waals surface area contributed by atoms with Crippen molar-refractivity contribution in [3.05, 3.63) is 24.0 Å². The summed E-state index contributed by atoms with van der Waals surface area (Å²) in [6.45, 7) is 8.28. The van der Waals surface area contributed by atoms with Crippen LogP contribution >= 0.6 is 0 Å². The van der Waals surface area contributed by atoms with E-state index in [4.69, 9.17) is 4.74 Å². The number of methoxy groups -OCH3 is 1. The highest BCUT2D eigenvalue weighted by molar-refractivity contribution is 5.09. The first kappa shape index (κ1) is 13.3. The molecule has 1 unspecified atom stereocenters. The van der Waals surface area contributed by atoms with Crippen molar-refractivity contribution in [2.45, 2.75) is 33.4 Å². The summed E-state index contributed by atoms with van der Waals surface area (Å²) in [5.41, 5.74) is 1.36. The van der Waals surface area contributed by atoms with Gasteiger partial charge in [-0.3, -0.25) is 0 Å². The maximum Gasteiger partial charge on any atom is 0.0499 e. The standard InChI is InChI=1S/C13H24N2O/c1-4-6-15-7-5-13(10-15)9-14-8-12(2)11-16-3/h5,7,10,12,14H,4,6,8-9,11H2,1-3H3. The molecular formula is C13H24N2O. The van der Waals surface area contributed by atoms with Gasteiger partial charge in [-0.15, -0.1) is 0 Å². The lowest BCUT2D eigenvalue weighted by atomic mass is 10.2. The van der Waals surface area contributed by atoms with Gasteiger partial charge in [-0.25, -0.2) is 0 Å². The van der Waals surface area contributed by atoms with E-state index in [0.29, 0.717) is 5.92 Å². The zero-order valence-electron chi connectivity index (χ0n) is 10.7. The largest absolute Gasteiger partial charge is 0.384 e. The molecular weight excluding hydrogens is 200 g/mol. The van der Waals surface area contributed by atoms with Gasteiger partial charge in [-0.1, -0.05) is 13.8 Å². The first-order chi connectivity index (χ1) is 7.76. The third-order valence-electron chi connectivity index (χ3n) is 2.57. The molecule has 0 aliphatic rings. The summed E-state index contributed by atoms with van der Waals surface area (Å²) in [4.78, 5) is 0. The molecule has 0 aliphatic heterocycles. The molecule has 1 aromatic heterocycles. The first-order valence-electron chi connectivity index (χ1n) is 6.10. The van der Waals surface area contributed by atoms with E-state index in [1.807, 2.05) is 0 Å². The minimum atomic E-state index is 0.572. The number of rotatable bonds is 8. The number of aryl methyl sites for hydroxylation is 1. The third-order valence-corrected chi connectivity index (χ3v) is 2.57. The number of hydrogen-bond donors (Lipinski definition) is 1. The van der Waals surface area contributed by atoms with E-state index in [1.54, 1.807) is 7.11 Å². The molecule has 3 heteroatoms. The Morgan fingerprint density at radius 3 is 3.00 bits per heavy atom. The minimum absolute atomic E-state index is 0.572. The van der Waals surface area contributed by atoms with Crippen molar-refractivity contribution >= 4 is 0 Å². The average molecular weight is 224 g/mol. The van der Waals surface area contributed by atoms with Crippen molar-refractivity contribution in [2.24, 2.45) is 5.92 Å². The Morgan fingerprint density at radius 1 is 1.50 bits per heavy atom. The van der Waals surface area contributed by atoms with Crippen molar-refractivity contribution in [1.82, 2.24) is 9.88 Å². The SMILES string of the molecule is CCCn1ccc(CNCC(C)COC)c1. The molecule has 0 fully saturated rings. The normalized spacial score (nSPS) is 12.9. The van der Waals surface area contributed by atoms with Crippen LogP contribution in [0.15, 0.2) is 18.5 Å². The second-order valence-corrected chi connectivity index (χ2v) is 4.45. The quantitative estimate of drug-likeness (QED) is 0.733. The molecule has 16 heavy (non-hydrogen) atoms. The molecule has 3 nitrogen and oxygen atoms in total. The van der Waals surface area contributed by atoms with Crippen LogP contribution in [0.4, 0.5) is 0 Å². The Balaban J connectivity index is 2.21. The Morgan fingerprint density at radius 2 is 2.31 bits per heavy atom. The Hall–Kier alpha value is -0.800. The smallest absolute Gasteiger partial charge is 0.0499 e. The molecule has 0 spiro atoms. The lowest BCUT2D eigenvalue weighted by Crippen LogP contribution is -2.23. The molecule has 92 valence electrons. The van der Waals surface area contributed by atoms with Gasteiger partial charge in [-0.05, 0) is 24.0 Å². The minimum Gasteiger partial charge on any atom is -0.384 e. The monoisotopic (exact) mass is 224 g/mol. The molecule has 1 N–H and O–H groups in total. The second kappa shape index (κ2) is 7.47. The lowest BCUT2D eigenvalue weighted by Gasteiger charge is -2.10. The van der Waals surface area contributed by atoms with Crippen LogP contribution in [0.25, 0.3) is 0 Å². The van der Waals surface area contributed by atoms with Crippen LogP contribution in [0, 0.1) is 5.92 Å². The van der Waals surface area contributed by atoms with E-state index in [-0.39, 0.29) is 0 Å². The molecule has 1 atom stereocenters. The summed E-state index contributed by atoms with van der Waals surface area (Å²) in [5.74, 6) is 0.572. The van der Waals surface area contributed by atoms with E-state index in [9.17, 15) is 0 Å².